The monoisotopic (exact) mass is 221 g/mol. The number of sulfone groups is 1. The predicted molar refractivity (Wildman–Crippen MR) is 61.2 cm³/mol. The maximum Gasteiger partial charge on any atom is 0.148 e. The molecule has 0 aromatic rings. The Hall–Kier alpha value is -0.0900. The Morgan fingerprint density at radius 2 is 1.86 bits per heavy atom. The van der Waals surface area contributed by atoms with Crippen molar-refractivity contribution in [3.63, 3.8) is 0 Å². The van der Waals surface area contributed by atoms with Crippen LogP contribution in [0.1, 0.15) is 33.6 Å². The normalized spacial score (nSPS) is 16.6. The van der Waals surface area contributed by atoms with Gasteiger partial charge in [-0.05, 0) is 18.9 Å². The van der Waals surface area contributed by atoms with Crippen LogP contribution in [0.3, 0.4) is 0 Å². The molecule has 0 rings (SSSR count). The van der Waals surface area contributed by atoms with E-state index in [2.05, 4.69) is 19.2 Å². The minimum atomic E-state index is -2.87. The molecule has 0 aliphatic heterocycles. The molecule has 0 amide bonds. The molecule has 0 fully saturated rings. The van der Waals surface area contributed by atoms with E-state index in [4.69, 9.17) is 0 Å². The third-order valence-corrected chi connectivity index (χ3v) is 3.34. The van der Waals surface area contributed by atoms with E-state index in [0.29, 0.717) is 5.92 Å². The Morgan fingerprint density at radius 1 is 1.29 bits per heavy atom. The molecule has 2 unspecified atom stereocenters. The molecule has 14 heavy (non-hydrogen) atoms. The summed E-state index contributed by atoms with van der Waals surface area (Å²) in [6, 6.07) is 0.106. The number of nitrogens with one attached hydrogen (secondary N) is 1. The van der Waals surface area contributed by atoms with E-state index < -0.39 is 9.84 Å². The van der Waals surface area contributed by atoms with Gasteiger partial charge in [0.1, 0.15) is 9.84 Å². The van der Waals surface area contributed by atoms with Crippen LogP contribution in [0.4, 0.5) is 0 Å². The van der Waals surface area contributed by atoms with E-state index in [1.165, 1.54) is 6.26 Å². The molecular formula is C10H23NO2S. The van der Waals surface area contributed by atoms with Gasteiger partial charge in [0.05, 0.1) is 5.75 Å². The number of rotatable bonds is 7. The van der Waals surface area contributed by atoms with Crippen molar-refractivity contribution in [2.24, 2.45) is 5.92 Å². The lowest BCUT2D eigenvalue weighted by molar-refractivity contribution is 0.383. The van der Waals surface area contributed by atoms with Crippen molar-refractivity contribution in [3.05, 3.63) is 0 Å². The Bertz CT molecular complexity index is 237. The van der Waals surface area contributed by atoms with Crippen molar-refractivity contribution in [2.45, 2.75) is 39.7 Å². The van der Waals surface area contributed by atoms with Crippen molar-refractivity contribution in [1.29, 1.82) is 0 Å². The topological polar surface area (TPSA) is 46.2 Å². The van der Waals surface area contributed by atoms with E-state index >= 15 is 0 Å². The van der Waals surface area contributed by atoms with Gasteiger partial charge in [-0.25, -0.2) is 8.42 Å². The third kappa shape index (κ3) is 6.38. The molecule has 0 saturated heterocycles. The molecule has 86 valence electrons. The molecular weight excluding hydrogens is 198 g/mol. The Kier molecular flexibility index (Phi) is 6.36. The lowest BCUT2D eigenvalue weighted by atomic mass is 9.98. The van der Waals surface area contributed by atoms with E-state index in [-0.39, 0.29) is 11.8 Å². The van der Waals surface area contributed by atoms with Gasteiger partial charge in [0, 0.05) is 12.3 Å². The number of hydrogen-bond donors (Lipinski definition) is 1. The summed E-state index contributed by atoms with van der Waals surface area (Å²) in [5, 5.41) is 3.24. The van der Waals surface area contributed by atoms with Gasteiger partial charge in [0.25, 0.3) is 0 Å². The van der Waals surface area contributed by atoms with Crippen LogP contribution < -0.4 is 5.32 Å². The minimum absolute atomic E-state index is 0.106. The molecule has 0 saturated carbocycles. The van der Waals surface area contributed by atoms with Gasteiger partial charge in [0.15, 0.2) is 0 Å². The van der Waals surface area contributed by atoms with Crippen LogP contribution in [0.5, 0.6) is 0 Å². The van der Waals surface area contributed by atoms with Crippen LogP contribution in [0.15, 0.2) is 0 Å². The standard InChI is InChI=1S/C10H23NO2S/c1-5-7-9(3)10(11-6-2)8-14(4,12)13/h9-11H,5-8H2,1-4H3. The second-order valence-corrected chi connectivity index (χ2v) is 6.21. The van der Waals surface area contributed by atoms with Crippen molar-refractivity contribution >= 4 is 9.84 Å². The first-order valence-electron chi connectivity index (χ1n) is 5.31. The molecule has 0 aromatic carbocycles. The quantitative estimate of drug-likeness (QED) is 0.707. The molecule has 0 radical (unpaired) electrons. The van der Waals surface area contributed by atoms with E-state index in [0.717, 1.165) is 19.4 Å². The highest BCUT2D eigenvalue weighted by Gasteiger charge is 2.19. The zero-order chi connectivity index (χ0) is 11.2. The molecule has 0 aliphatic rings. The molecule has 0 heterocycles. The zero-order valence-electron chi connectivity index (χ0n) is 9.71. The summed E-state index contributed by atoms with van der Waals surface area (Å²) in [5.74, 6) is 0.678. The van der Waals surface area contributed by atoms with E-state index in [9.17, 15) is 8.42 Å². The smallest absolute Gasteiger partial charge is 0.148 e. The third-order valence-electron chi connectivity index (χ3n) is 2.38. The number of hydrogen-bond acceptors (Lipinski definition) is 3. The molecule has 0 aromatic heterocycles. The summed E-state index contributed by atoms with van der Waals surface area (Å²) >= 11 is 0. The fourth-order valence-electron chi connectivity index (χ4n) is 1.67. The summed E-state index contributed by atoms with van der Waals surface area (Å²) in [7, 11) is -2.87. The largest absolute Gasteiger partial charge is 0.313 e. The molecule has 0 spiro atoms. The van der Waals surface area contributed by atoms with Crippen LogP contribution >= 0.6 is 0 Å². The van der Waals surface area contributed by atoms with E-state index in [1.807, 2.05) is 6.92 Å². The average molecular weight is 221 g/mol. The SMILES string of the molecule is CCCC(C)C(CS(C)(=O)=O)NCC. The summed E-state index contributed by atoms with van der Waals surface area (Å²) < 4.78 is 22.4. The summed E-state index contributed by atoms with van der Waals surface area (Å²) in [6.45, 7) is 7.07. The first-order chi connectivity index (χ1) is 6.40. The lowest BCUT2D eigenvalue weighted by Crippen LogP contribution is -2.40. The highest BCUT2D eigenvalue weighted by atomic mass is 32.2. The maximum atomic E-state index is 11.2. The summed E-state index contributed by atoms with van der Waals surface area (Å²) in [4.78, 5) is 0. The van der Waals surface area contributed by atoms with Crippen molar-refractivity contribution < 1.29 is 8.42 Å². The second-order valence-electron chi connectivity index (χ2n) is 4.02. The van der Waals surface area contributed by atoms with Gasteiger partial charge in [-0.3, -0.25) is 0 Å². The molecule has 4 heteroatoms. The second kappa shape index (κ2) is 6.40. The predicted octanol–water partition coefficient (Wildman–Crippen LogP) is 1.45. The Labute approximate surface area is 88.2 Å². The highest BCUT2D eigenvalue weighted by Crippen LogP contribution is 2.12. The Morgan fingerprint density at radius 3 is 2.21 bits per heavy atom. The molecule has 3 nitrogen and oxygen atoms in total. The van der Waals surface area contributed by atoms with Crippen LogP contribution in [-0.4, -0.2) is 33.0 Å². The fraction of sp³-hybridized carbons (Fsp3) is 1.00. The lowest BCUT2D eigenvalue weighted by Gasteiger charge is -2.23. The average Bonchev–Trinajstić information content (AvgIpc) is 2.01. The first kappa shape index (κ1) is 13.9. The van der Waals surface area contributed by atoms with Crippen molar-refractivity contribution in [3.8, 4) is 0 Å². The van der Waals surface area contributed by atoms with Crippen LogP contribution in [0.2, 0.25) is 0 Å². The first-order valence-corrected chi connectivity index (χ1v) is 7.37. The molecule has 0 aliphatic carbocycles. The maximum absolute atomic E-state index is 11.2. The van der Waals surface area contributed by atoms with Crippen LogP contribution in [0, 0.1) is 5.92 Å². The molecule has 1 N–H and O–H groups in total. The van der Waals surface area contributed by atoms with Gasteiger partial charge in [0.2, 0.25) is 0 Å². The van der Waals surface area contributed by atoms with Gasteiger partial charge in [-0.1, -0.05) is 27.2 Å². The summed E-state index contributed by atoms with van der Waals surface area (Å²) in [6.07, 6.45) is 3.48. The van der Waals surface area contributed by atoms with Crippen molar-refractivity contribution in [2.75, 3.05) is 18.6 Å². The molecule has 2 atom stereocenters. The van der Waals surface area contributed by atoms with Crippen molar-refractivity contribution in [1.82, 2.24) is 5.32 Å². The summed E-state index contributed by atoms with van der Waals surface area (Å²) in [5.41, 5.74) is 0. The van der Waals surface area contributed by atoms with Crippen LogP contribution in [-0.2, 0) is 9.84 Å². The van der Waals surface area contributed by atoms with Gasteiger partial charge in [-0.2, -0.15) is 0 Å². The minimum Gasteiger partial charge on any atom is -0.313 e. The van der Waals surface area contributed by atoms with Gasteiger partial charge in [-0.15, -0.1) is 0 Å². The van der Waals surface area contributed by atoms with Gasteiger partial charge >= 0.3 is 0 Å². The fourth-order valence-corrected chi connectivity index (χ4v) is 2.77. The Balaban J connectivity index is 4.27. The highest BCUT2D eigenvalue weighted by molar-refractivity contribution is 7.90. The molecule has 0 bridgehead atoms. The van der Waals surface area contributed by atoms with E-state index in [1.54, 1.807) is 0 Å². The van der Waals surface area contributed by atoms with Gasteiger partial charge < -0.3 is 5.32 Å². The zero-order valence-corrected chi connectivity index (χ0v) is 10.5. The van der Waals surface area contributed by atoms with Crippen LogP contribution in [0.25, 0.3) is 0 Å².